The van der Waals surface area contributed by atoms with Crippen LogP contribution >= 0.6 is 12.2 Å². The van der Waals surface area contributed by atoms with Crippen molar-refractivity contribution in [2.24, 2.45) is 0 Å². The Morgan fingerprint density at radius 3 is 2.04 bits per heavy atom. The number of anilines is 1. The smallest absolute Gasteiger partial charge is 0.413 e. The first kappa shape index (κ1) is 17.2. The van der Waals surface area contributed by atoms with Crippen molar-refractivity contribution in [3.8, 4) is 11.1 Å². The molecule has 134 valence electrons. The van der Waals surface area contributed by atoms with Gasteiger partial charge in [0.1, 0.15) is 6.61 Å². The summed E-state index contributed by atoms with van der Waals surface area (Å²) in [6.45, 7) is 0.258. The fraction of sp³-hybridized carbons (Fsp3) is 0.0909. The minimum Gasteiger partial charge on any atom is -0.448 e. The average Bonchev–Trinajstić information content (AvgIpc) is 3.01. The minimum atomic E-state index is -0.565. The van der Waals surface area contributed by atoms with Gasteiger partial charge in [-0.15, -0.1) is 0 Å². The third-order valence-electron chi connectivity index (χ3n) is 4.59. The highest BCUT2D eigenvalue weighted by Crippen LogP contribution is 2.44. The Morgan fingerprint density at radius 1 is 0.852 bits per heavy atom. The van der Waals surface area contributed by atoms with Gasteiger partial charge in [0.15, 0.2) is 5.11 Å². The van der Waals surface area contributed by atoms with Crippen LogP contribution in [0.5, 0.6) is 0 Å². The summed E-state index contributed by atoms with van der Waals surface area (Å²) >= 11 is 5.16. The topological polar surface area (TPSA) is 50.4 Å². The lowest BCUT2D eigenvalue weighted by molar-refractivity contribution is 0.148. The third-order valence-corrected chi connectivity index (χ3v) is 4.80. The van der Waals surface area contributed by atoms with Gasteiger partial charge >= 0.3 is 6.09 Å². The van der Waals surface area contributed by atoms with Crippen LogP contribution in [0.2, 0.25) is 0 Å². The van der Waals surface area contributed by atoms with Gasteiger partial charge in [0.25, 0.3) is 0 Å². The molecule has 0 unspecified atom stereocenters. The van der Waals surface area contributed by atoms with E-state index in [2.05, 4.69) is 34.9 Å². The molecule has 0 spiro atoms. The summed E-state index contributed by atoms with van der Waals surface area (Å²) < 4.78 is 5.47. The molecule has 4 nitrogen and oxygen atoms in total. The molecule has 3 aromatic carbocycles. The number of alkyl carbamates (subject to hydrolysis) is 1. The second kappa shape index (κ2) is 7.60. The number of nitrogens with one attached hydrogen (secondary N) is 2. The molecule has 0 aliphatic heterocycles. The van der Waals surface area contributed by atoms with Crippen molar-refractivity contribution in [3.05, 3.63) is 90.0 Å². The van der Waals surface area contributed by atoms with E-state index in [1.54, 1.807) is 0 Å². The summed E-state index contributed by atoms with van der Waals surface area (Å²) in [6, 6.07) is 25.9. The average molecular weight is 374 g/mol. The molecule has 2 N–H and O–H groups in total. The molecule has 0 heterocycles. The first-order valence-electron chi connectivity index (χ1n) is 8.70. The second-order valence-electron chi connectivity index (χ2n) is 6.27. The van der Waals surface area contributed by atoms with E-state index in [4.69, 9.17) is 17.0 Å². The Kier molecular flexibility index (Phi) is 4.85. The molecule has 5 heteroatoms. The van der Waals surface area contributed by atoms with Gasteiger partial charge in [0, 0.05) is 11.6 Å². The van der Waals surface area contributed by atoms with E-state index in [1.807, 2.05) is 54.6 Å². The van der Waals surface area contributed by atoms with Crippen molar-refractivity contribution < 1.29 is 9.53 Å². The summed E-state index contributed by atoms with van der Waals surface area (Å²) in [4.78, 5) is 12.2. The standard InChI is InChI=1S/C22H18N2O2S/c25-22(24-21(27)23-15-8-2-1-3-9-15)26-14-20-18-12-6-4-10-16(18)17-11-5-7-13-19(17)20/h1-13,20H,14H2,(H2,23,24,25,27). The molecule has 0 saturated carbocycles. The van der Waals surface area contributed by atoms with Crippen molar-refractivity contribution in [2.75, 3.05) is 11.9 Å². The quantitative estimate of drug-likeness (QED) is 0.639. The molecule has 0 aromatic heterocycles. The number of hydrogen-bond donors (Lipinski definition) is 2. The van der Waals surface area contributed by atoms with Crippen molar-refractivity contribution in [3.63, 3.8) is 0 Å². The van der Waals surface area contributed by atoms with Crippen LogP contribution in [0.4, 0.5) is 10.5 Å². The van der Waals surface area contributed by atoms with Crippen LogP contribution in [0.3, 0.4) is 0 Å². The van der Waals surface area contributed by atoms with Crippen LogP contribution in [0.1, 0.15) is 17.0 Å². The maximum atomic E-state index is 12.2. The van der Waals surface area contributed by atoms with Crippen LogP contribution in [0, 0.1) is 0 Å². The van der Waals surface area contributed by atoms with E-state index in [0.717, 1.165) is 5.69 Å². The first-order valence-corrected chi connectivity index (χ1v) is 9.11. The summed E-state index contributed by atoms with van der Waals surface area (Å²) in [6.07, 6.45) is -0.565. The number of benzene rings is 3. The van der Waals surface area contributed by atoms with E-state index < -0.39 is 6.09 Å². The van der Waals surface area contributed by atoms with E-state index in [9.17, 15) is 4.79 Å². The summed E-state index contributed by atoms with van der Waals surface area (Å²) in [5.74, 6) is 0.0267. The number of amides is 1. The van der Waals surface area contributed by atoms with Crippen LogP contribution in [0.15, 0.2) is 78.9 Å². The largest absolute Gasteiger partial charge is 0.448 e. The van der Waals surface area contributed by atoms with Crippen molar-refractivity contribution in [1.29, 1.82) is 0 Å². The van der Waals surface area contributed by atoms with Crippen LogP contribution < -0.4 is 10.6 Å². The molecule has 0 saturated heterocycles. The summed E-state index contributed by atoms with van der Waals surface area (Å²) in [5, 5.41) is 5.72. The number of carbonyl (C=O) groups excluding carboxylic acids is 1. The fourth-order valence-electron chi connectivity index (χ4n) is 3.41. The number of carbonyl (C=O) groups is 1. The zero-order chi connectivity index (χ0) is 18.6. The minimum absolute atomic E-state index is 0.0267. The zero-order valence-corrected chi connectivity index (χ0v) is 15.3. The highest BCUT2D eigenvalue weighted by molar-refractivity contribution is 7.80. The second-order valence-corrected chi connectivity index (χ2v) is 6.68. The molecule has 4 rings (SSSR count). The van der Waals surface area contributed by atoms with E-state index in [0.29, 0.717) is 0 Å². The Labute approximate surface area is 163 Å². The highest BCUT2D eigenvalue weighted by atomic mass is 32.1. The molecular formula is C22H18N2O2S. The Morgan fingerprint density at radius 2 is 1.41 bits per heavy atom. The predicted octanol–water partition coefficient (Wildman–Crippen LogP) is 4.92. The molecule has 0 atom stereocenters. The molecular weight excluding hydrogens is 356 g/mol. The molecule has 1 aliphatic carbocycles. The predicted molar refractivity (Wildman–Crippen MR) is 111 cm³/mol. The van der Waals surface area contributed by atoms with Crippen LogP contribution in [-0.4, -0.2) is 17.8 Å². The molecule has 0 radical (unpaired) electrons. The van der Waals surface area contributed by atoms with Gasteiger partial charge in [-0.2, -0.15) is 0 Å². The maximum Gasteiger partial charge on any atom is 0.413 e. The Hall–Kier alpha value is -3.18. The normalized spacial score (nSPS) is 12.0. The number of hydrogen-bond acceptors (Lipinski definition) is 3. The van der Waals surface area contributed by atoms with E-state index in [1.165, 1.54) is 22.3 Å². The molecule has 3 aromatic rings. The van der Waals surface area contributed by atoms with Gasteiger partial charge in [0.2, 0.25) is 0 Å². The first-order chi connectivity index (χ1) is 13.2. The lowest BCUT2D eigenvalue weighted by Crippen LogP contribution is -2.35. The summed E-state index contributed by atoms with van der Waals surface area (Å²) in [7, 11) is 0. The van der Waals surface area contributed by atoms with Gasteiger partial charge < -0.3 is 10.1 Å². The molecule has 27 heavy (non-hydrogen) atoms. The third kappa shape index (κ3) is 3.68. The number of para-hydroxylation sites is 1. The lowest BCUT2D eigenvalue weighted by atomic mass is 9.98. The van der Waals surface area contributed by atoms with E-state index >= 15 is 0 Å². The van der Waals surface area contributed by atoms with Crippen molar-refractivity contribution in [1.82, 2.24) is 5.32 Å². The highest BCUT2D eigenvalue weighted by Gasteiger charge is 2.29. The Balaban J connectivity index is 1.40. The Bertz CT molecular complexity index is 943. The lowest BCUT2D eigenvalue weighted by Gasteiger charge is -2.15. The maximum absolute atomic E-state index is 12.2. The SMILES string of the molecule is O=C(NC(=S)Nc1ccccc1)OCC1c2ccccc2-c2ccccc21. The number of rotatable bonds is 3. The van der Waals surface area contributed by atoms with Crippen LogP contribution in [-0.2, 0) is 4.74 Å². The van der Waals surface area contributed by atoms with E-state index in [-0.39, 0.29) is 17.6 Å². The van der Waals surface area contributed by atoms with Gasteiger partial charge in [-0.25, -0.2) is 4.79 Å². The van der Waals surface area contributed by atoms with Crippen LogP contribution in [0.25, 0.3) is 11.1 Å². The van der Waals surface area contributed by atoms with Crippen molar-refractivity contribution in [2.45, 2.75) is 5.92 Å². The molecule has 0 fully saturated rings. The molecule has 1 amide bonds. The number of fused-ring (bicyclic) bond motifs is 3. The number of thiocarbonyl (C=S) groups is 1. The number of ether oxygens (including phenoxy) is 1. The monoisotopic (exact) mass is 374 g/mol. The molecule has 0 bridgehead atoms. The van der Waals surface area contributed by atoms with Gasteiger partial charge in [0.05, 0.1) is 0 Å². The van der Waals surface area contributed by atoms with Gasteiger partial charge in [-0.05, 0) is 46.6 Å². The van der Waals surface area contributed by atoms with Gasteiger partial charge in [-0.1, -0.05) is 66.7 Å². The molecule has 1 aliphatic rings. The van der Waals surface area contributed by atoms with Gasteiger partial charge in [-0.3, -0.25) is 5.32 Å². The fourth-order valence-corrected chi connectivity index (χ4v) is 3.61. The zero-order valence-electron chi connectivity index (χ0n) is 14.5. The summed E-state index contributed by atoms with van der Waals surface area (Å²) in [5.41, 5.74) is 5.56. The van der Waals surface area contributed by atoms with Crippen molar-refractivity contribution >= 4 is 29.1 Å².